The van der Waals surface area contributed by atoms with E-state index in [9.17, 15) is 4.79 Å². The number of rotatable bonds is 7. The van der Waals surface area contributed by atoms with Gasteiger partial charge < -0.3 is 9.30 Å². The molecule has 0 saturated heterocycles. The lowest BCUT2D eigenvalue weighted by Gasteiger charge is -2.04. The van der Waals surface area contributed by atoms with Crippen molar-refractivity contribution in [3.63, 3.8) is 0 Å². The van der Waals surface area contributed by atoms with Gasteiger partial charge in [0, 0.05) is 17.6 Å². The van der Waals surface area contributed by atoms with Gasteiger partial charge in [-0.05, 0) is 42.0 Å². The van der Waals surface area contributed by atoms with Crippen molar-refractivity contribution in [3.05, 3.63) is 59.1 Å². The Kier molecular flexibility index (Phi) is 6.67. The Hall–Kier alpha value is -2.84. The number of thioether (sulfide) groups is 1. The third-order valence-electron chi connectivity index (χ3n) is 3.77. The van der Waals surface area contributed by atoms with E-state index in [1.165, 1.54) is 11.8 Å². The Morgan fingerprint density at radius 2 is 2.07 bits per heavy atom. The zero-order valence-corrected chi connectivity index (χ0v) is 16.9. The number of benzene rings is 2. The summed E-state index contributed by atoms with van der Waals surface area (Å²) >= 11 is 7.31. The molecule has 0 atom stereocenters. The van der Waals surface area contributed by atoms with Crippen LogP contribution in [0.5, 0.6) is 5.75 Å². The number of hydrogen-bond donors (Lipinski definition) is 1. The second-order valence-corrected chi connectivity index (χ2v) is 7.11. The molecule has 3 aromatic rings. The second kappa shape index (κ2) is 9.38. The molecule has 28 heavy (non-hydrogen) atoms. The number of methoxy groups -OCH3 is 1. The molecule has 0 radical (unpaired) electrons. The summed E-state index contributed by atoms with van der Waals surface area (Å²) in [6, 6.07) is 14.7. The molecule has 144 valence electrons. The van der Waals surface area contributed by atoms with Gasteiger partial charge >= 0.3 is 0 Å². The number of nitrogens with one attached hydrogen (secondary N) is 1. The maximum absolute atomic E-state index is 12.0. The van der Waals surface area contributed by atoms with Crippen molar-refractivity contribution in [1.29, 1.82) is 0 Å². The number of ether oxygens (including phenoxy) is 1. The Bertz CT molecular complexity index is 988. The second-order valence-electron chi connectivity index (χ2n) is 5.73. The first-order valence-corrected chi connectivity index (χ1v) is 9.67. The molecule has 1 amide bonds. The van der Waals surface area contributed by atoms with Crippen LogP contribution in [0.25, 0.3) is 11.4 Å². The van der Waals surface area contributed by atoms with Gasteiger partial charge in [0.25, 0.3) is 5.91 Å². The smallest absolute Gasteiger partial charge is 0.250 e. The number of carbonyl (C=O) groups excluding carboxylic acids is 1. The normalized spacial score (nSPS) is 11.0. The van der Waals surface area contributed by atoms with E-state index in [4.69, 9.17) is 16.3 Å². The summed E-state index contributed by atoms with van der Waals surface area (Å²) in [6.07, 6.45) is 1.57. The van der Waals surface area contributed by atoms with Crippen LogP contribution in [0.1, 0.15) is 5.56 Å². The number of hydrogen-bond acceptors (Lipinski definition) is 6. The molecule has 1 aromatic heterocycles. The average molecular weight is 416 g/mol. The van der Waals surface area contributed by atoms with Gasteiger partial charge in [0.15, 0.2) is 11.0 Å². The first-order valence-electron chi connectivity index (χ1n) is 8.31. The Morgan fingerprint density at radius 1 is 1.29 bits per heavy atom. The van der Waals surface area contributed by atoms with Crippen LogP contribution in [0.3, 0.4) is 0 Å². The summed E-state index contributed by atoms with van der Waals surface area (Å²) in [5, 5.41) is 13.5. The highest BCUT2D eigenvalue weighted by Crippen LogP contribution is 2.24. The van der Waals surface area contributed by atoms with Crippen LogP contribution in [0.15, 0.2) is 58.8 Å². The van der Waals surface area contributed by atoms with E-state index in [2.05, 4.69) is 20.7 Å². The van der Waals surface area contributed by atoms with E-state index in [1.807, 2.05) is 54.1 Å². The Labute approximate surface area is 171 Å². The zero-order valence-electron chi connectivity index (χ0n) is 15.3. The van der Waals surface area contributed by atoms with Gasteiger partial charge in [-0.25, -0.2) is 5.43 Å². The highest BCUT2D eigenvalue weighted by molar-refractivity contribution is 7.99. The minimum Gasteiger partial charge on any atom is -0.497 e. The van der Waals surface area contributed by atoms with E-state index in [0.717, 1.165) is 16.9 Å². The first kappa shape index (κ1) is 19.9. The number of hydrazone groups is 1. The van der Waals surface area contributed by atoms with E-state index in [0.29, 0.717) is 16.0 Å². The van der Waals surface area contributed by atoms with Gasteiger partial charge in [0.1, 0.15) is 5.75 Å². The van der Waals surface area contributed by atoms with Gasteiger partial charge in [-0.2, -0.15) is 5.10 Å². The van der Waals surface area contributed by atoms with Gasteiger partial charge in [-0.1, -0.05) is 35.5 Å². The minimum atomic E-state index is -0.234. The largest absolute Gasteiger partial charge is 0.497 e. The average Bonchev–Trinajstić information content (AvgIpc) is 3.07. The number of aromatic nitrogens is 3. The molecular formula is C19H18ClN5O2S. The van der Waals surface area contributed by atoms with Gasteiger partial charge in [-0.3, -0.25) is 4.79 Å². The van der Waals surface area contributed by atoms with E-state index in [1.54, 1.807) is 19.4 Å². The van der Waals surface area contributed by atoms with Crippen molar-refractivity contribution in [2.45, 2.75) is 5.16 Å². The van der Waals surface area contributed by atoms with Crippen molar-refractivity contribution < 1.29 is 9.53 Å². The zero-order chi connectivity index (χ0) is 19.9. The first-order chi connectivity index (χ1) is 13.6. The fourth-order valence-electron chi connectivity index (χ4n) is 2.35. The molecule has 7 nitrogen and oxygen atoms in total. The minimum absolute atomic E-state index is 0.168. The number of amides is 1. The number of halogens is 1. The maximum Gasteiger partial charge on any atom is 0.250 e. The molecule has 0 aliphatic heterocycles. The van der Waals surface area contributed by atoms with Crippen molar-refractivity contribution >= 4 is 35.5 Å². The molecule has 0 unspecified atom stereocenters. The number of nitrogens with zero attached hydrogens (tertiary/aromatic N) is 4. The highest BCUT2D eigenvalue weighted by Gasteiger charge is 2.13. The highest BCUT2D eigenvalue weighted by atomic mass is 35.5. The van der Waals surface area contributed by atoms with Crippen LogP contribution >= 0.6 is 23.4 Å². The summed E-state index contributed by atoms with van der Waals surface area (Å²) in [6.45, 7) is 0. The lowest BCUT2D eigenvalue weighted by atomic mass is 10.2. The predicted molar refractivity (Wildman–Crippen MR) is 111 cm³/mol. The molecule has 2 aromatic carbocycles. The monoisotopic (exact) mass is 415 g/mol. The maximum atomic E-state index is 12.0. The molecule has 9 heteroatoms. The lowest BCUT2D eigenvalue weighted by molar-refractivity contribution is -0.118. The third kappa shape index (κ3) is 5.11. The van der Waals surface area contributed by atoms with Crippen molar-refractivity contribution in [2.75, 3.05) is 12.9 Å². The Balaban J connectivity index is 1.54. The molecule has 0 aliphatic carbocycles. The van der Waals surface area contributed by atoms with Crippen LogP contribution in [-0.4, -0.2) is 39.7 Å². The van der Waals surface area contributed by atoms with E-state index >= 15 is 0 Å². The van der Waals surface area contributed by atoms with Crippen molar-refractivity contribution in [2.24, 2.45) is 12.1 Å². The van der Waals surface area contributed by atoms with E-state index < -0.39 is 0 Å². The van der Waals surface area contributed by atoms with Gasteiger partial charge in [0.05, 0.1) is 19.1 Å². The topological polar surface area (TPSA) is 81.4 Å². The fourth-order valence-corrected chi connectivity index (χ4v) is 3.24. The van der Waals surface area contributed by atoms with Crippen LogP contribution in [0, 0.1) is 0 Å². The third-order valence-corrected chi connectivity index (χ3v) is 5.02. The SMILES string of the molecule is COc1ccc(C=NNC(=O)CSc2nnc(-c3cccc(Cl)c3)n2C)cc1. The van der Waals surface area contributed by atoms with E-state index in [-0.39, 0.29) is 11.7 Å². The van der Waals surface area contributed by atoms with Crippen LogP contribution < -0.4 is 10.2 Å². The van der Waals surface area contributed by atoms with Gasteiger partial charge in [-0.15, -0.1) is 10.2 Å². The molecule has 0 spiro atoms. The number of carbonyl (C=O) groups is 1. The van der Waals surface area contributed by atoms with Crippen LogP contribution in [0.4, 0.5) is 0 Å². The molecule has 0 bridgehead atoms. The molecule has 1 heterocycles. The summed E-state index contributed by atoms with van der Waals surface area (Å²) in [5.74, 6) is 1.38. The molecular weight excluding hydrogens is 398 g/mol. The van der Waals surface area contributed by atoms with Gasteiger partial charge in [0.2, 0.25) is 0 Å². The van der Waals surface area contributed by atoms with Crippen LogP contribution in [0.2, 0.25) is 5.02 Å². The molecule has 3 rings (SSSR count). The van der Waals surface area contributed by atoms with Crippen LogP contribution in [-0.2, 0) is 11.8 Å². The molecule has 0 aliphatic rings. The summed E-state index contributed by atoms with van der Waals surface area (Å²) in [4.78, 5) is 12.0. The standard InChI is InChI=1S/C19H18ClN5O2S/c1-25-18(14-4-3-5-15(20)10-14)23-24-19(25)28-12-17(26)22-21-11-13-6-8-16(27-2)9-7-13/h3-11H,12H2,1-2H3,(H,22,26). The van der Waals surface area contributed by atoms with Crippen molar-refractivity contribution in [1.82, 2.24) is 20.2 Å². The fraction of sp³-hybridized carbons (Fsp3) is 0.158. The summed E-state index contributed by atoms with van der Waals surface area (Å²) < 4.78 is 6.92. The lowest BCUT2D eigenvalue weighted by Crippen LogP contribution is -2.19. The summed E-state index contributed by atoms with van der Waals surface area (Å²) in [5.41, 5.74) is 4.22. The molecule has 0 fully saturated rings. The Morgan fingerprint density at radius 3 is 2.79 bits per heavy atom. The van der Waals surface area contributed by atoms with Crippen molar-refractivity contribution in [3.8, 4) is 17.1 Å². The quantitative estimate of drug-likeness (QED) is 0.363. The molecule has 0 saturated carbocycles. The molecule has 1 N–H and O–H groups in total. The predicted octanol–water partition coefficient (Wildman–Crippen LogP) is 3.39. The summed E-state index contributed by atoms with van der Waals surface area (Å²) in [7, 11) is 3.45.